The maximum atomic E-state index is 13.2. The van der Waals surface area contributed by atoms with Crippen LogP contribution >= 0.6 is 0 Å². The first-order valence-corrected chi connectivity index (χ1v) is 7.55. The van der Waals surface area contributed by atoms with E-state index in [1.807, 2.05) is 18.2 Å². The van der Waals surface area contributed by atoms with Gasteiger partial charge in [-0.05, 0) is 36.2 Å². The Morgan fingerprint density at radius 2 is 1.74 bits per heavy atom. The van der Waals surface area contributed by atoms with Gasteiger partial charge in [0.25, 0.3) is 0 Å². The van der Waals surface area contributed by atoms with E-state index in [0.29, 0.717) is 24.7 Å². The molecule has 0 aromatic heterocycles. The minimum Gasteiger partial charge on any atom is -0.494 e. The summed E-state index contributed by atoms with van der Waals surface area (Å²) in [5.41, 5.74) is 1.77. The van der Waals surface area contributed by atoms with Gasteiger partial charge in [-0.15, -0.1) is 0 Å². The van der Waals surface area contributed by atoms with Gasteiger partial charge in [0.05, 0.1) is 26.5 Å². The van der Waals surface area contributed by atoms with Crippen molar-refractivity contribution < 1.29 is 18.6 Å². The van der Waals surface area contributed by atoms with E-state index in [1.165, 1.54) is 19.2 Å². The zero-order valence-electron chi connectivity index (χ0n) is 13.7. The van der Waals surface area contributed by atoms with Crippen molar-refractivity contribution in [2.24, 2.45) is 0 Å². The molecule has 0 spiro atoms. The van der Waals surface area contributed by atoms with Gasteiger partial charge in [-0.3, -0.25) is 0 Å². The molecule has 0 aliphatic rings. The molecule has 0 saturated carbocycles. The summed E-state index contributed by atoms with van der Waals surface area (Å²) in [4.78, 5) is 0. The fraction of sp³-hybridized carbons (Fsp3) is 0.333. The predicted molar refractivity (Wildman–Crippen MR) is 89.1 cm³/mol. The van der Waals surface area contributed by atoms with Crippen molar-refractivity contribution in [3.63, 3.8) is 0 Å². The van der Waals surface area contributed by atoms with Crippen LogP contribution in [0.4, 0.5) is 10.1 Å². The van der Waals surface area contributed by atoms with Crippen molar-refractivity contribution in [3.8, 4) is 17.2 Å². The minimum absolute atomic E-state index is 0.327. The maximum Gasteiger partial charge on any atom is 0.161 e. The average molecular weight is 319 g/mol. The number of benzene rings is 2. The van der Waals surface area contributed by atoms with E-state index in [0.717, 1.165) is 23.4 Å². The number of nitrogens with one attached hydrogen (secondary N) is 1. The Morgan fingerprint density at radius 1 is 0.957 bits per heavy atom. The third kappa shape index (κ3) is 4.52. The molecule has 2 aromatic rings. The largest absolute Gasteiger partial charge is 0.494 e. The summed E-state index contributed by atoms with van der Waals surface area (Å²) in [5, 5.41) is 3.24. The second-order valence-electron chi connectivity index (χ2n) is 5.03. The van der Waals surface area contributed by atoms with E-state index in [4.69, 9.17) is 14.2 Å². The number of hydrogen-bond acceptors (Lipinski definition) is 4. The molecule has 0 radical (unpaired) electrons. The van der Waals surface area contributed by atoms with Gasteiger partial charge < -0.3 is 19.5 Å². The lowest BCUT2D eigenvalue weighted by Crippen LogP contribution is -2.03. The van der Waals surface area contributed by atoms with Gasteiger partial charge in [-0.25, -0.2) is 4.39 Å². The smallest absolute Gasteiger partial charge is 0.161 e. The Bertz CT molecular complexity index is 646. The number of halogens is 1. The molecule has 4 nitrogen and oxygen atoms in total. The van der Waals surface area contributed by atoms with E-state index in [1.54, 1.807) is 13.2 Å². The summed E-state index contributed by atoms with van der Waals surface area (Å²) < 4.78 is 29.4. The number of ether oxygens (including phenoxy) is 3. The highest BCUT2D eigenvalue weighted by Crippen LogP contribution is 2.30. The second kappa shape index (κ2) is 8.27. The number of hydrogen-bond donors (Lipinski definition) is 1. The molecule has 0 saturated heterocycles. The SMILES string of the molecule is CCCOc1cc(CNc2ccc(F)cc2OC)ccc1OC. The first-order chi connectivity index (χ1) is 11.2. The van der Waals surface area contributed by atoms with Gasteiger partial charge in [-0.2, -0.15) is 0 Å². The molecule has 2 aromatic carbocycles. The highest BCUT2D eigenvalue weighted by molar-refractivity contribution is 5.57. The average Bonchev–Trinajstić information content (AvgIpc) is 2.58. The molecule has 23 heavy (non-hydrogen) atoms. The van der Waals surface area contributed by atoms with Gasteiger partial charge in [0, 0.05) is 12.6 Å². The fourth-order valence-electron chi connectivity index (χ4n) is 2.16. The van der Waals surface area contributed by atoms with Crippen LogP contribution in [-0.2, 0) is 6.54 Å². The molecular formula is C18H22FNO3. The first-order valence-electron chi connectivity index (χ1n) is 7.55. The van der Waals surface area contributed by atoms with Gasteiger partial charge in [-0.1, -0.05) is 13.0 Å². The van der Waals surface area contributed by atoms with Crippen LogP contribution in [0, 0.1) is 5.82 Å². The monoisotopic (exact) mass is 319 g/mol. The van der Waals surface area contributed by atoms with Crippen LogP contribution in [0.2, 0.25) is 0 Å². The zero-order valence-corrected chi connectivity index (χ0v) is 13.7. The summed E-state index contributed by atoms with van der Waals surface area (Å²) in [6, 6.07) is 10.2. The van der Waals surface area contributed by atoms with E-state index in [9.17, 15) is 4.39 Å². The Morgan fingerprint density at radius 3 is 2.43 bits per heavy atom. The molecule has 5 heteroatoms. The van der Waals surface area contributed by atoms with Crippen molar-refractivity contribution >= 4 is 5.69 Å². The van der Waals surface area contributed by atoms with Crippen LogP contribution in [0.15, 0.2) is 36.4 Å². The summed E-state index contributed by atoms with van der Waals surface area (Å²) in [6.07, 6.45) is 0.929. The number of methoxy groups -OCH3 is 2. The van der Waals surface area contributed by atoms with Crippen molar-refractivity contribution in [1.29, 1.82) is 0 Å². The summed E-state index contributed by atoms with van der Waals surface area (Å²) in [6.45, 7) is 3.26. The molecule has 2 rings (SSSR count). The van der Waals surface area contributed by atoms with Crippen LogP contribution in [0.5, 0.6) is 17.2 Å². The normalized spacial score (nSPS) is 10.3. The molecular weight excluding hydrogens is 297 g/mol. The van der Waals surface area contributed by atoms with E-state index >= 15 is 0 Å². The van der Waals surface area contributed by atoms with Crippen molar-refractivity contribution in [2.75, 3.05) is 26.1 Å². The van der Waals surface area contributed by atoms with Crippen molar-refractivity contribution in [3.05, 3.63) is 47.8 Å². The third-order valence-corrected chi connectivity index (χ3v) is 3.34. The Balaban J connectivity index is 2.11. The molecule has 0 fully saturated rings. The van der Waals surface area contributed by atoms with Crippen LogP contribution in [-0.4, -0.2) is 20.8 Å². The van der Waals surface area contributed by atoms with Gasteiger partial charge in [0.1, 0.15) is 11.6 Å². The summed E-state index contributed by atoms with van der Waals surface area (Å²) in [5.74, 6) is 1.58. The van der Waals surface area contributed by atoms with Crippen molar-refractivity contribution in [2.45, 2.75) is 19.9 Å². The molecule has 0 unspecified atom stereocenters. The minimum atomic E-state index is -0.327. The molecule has 0 aliphatic heterocycles. The molecule has 0 atom stereocenters. The van der Waals surface area contributed by atoms with Crippen molar-refractivity contribution in [1.82, 2.24) is 0 Å². The van der Waals surface area contributed by atoms with Gasteiger partial charge >= 0.3 is 0 Å². The van der Waals surface area contributed by atoms with Crippen LogP contribution in [0.25, 0.3) is 0 Å². The lowest BCUT2D eigenvalue weighted by molar-refractivity contribution is 0.294. The highest BCUT2D eigenvalue weighted by Gasteiger charge is 2.08. The quantitative estimate of drug-likeness (QED) is 0.790. The highest BCUT2D eigenvalue weighted by atomic mass is 19.1. The zero-order chi connectivity index (χ0) is 16.7. The lowest BCUT2D eigenvalue weighted by atomic mass is 10.2. The van der Waals surface area contributed by atoms with Crippen LogP contribution < -0.4 is 19.5 Å². The van der Waals surface area contributed by atoms with E-state index < -0.39 is 0 Å². The molecule has 0 bridgehead atoms. The van der Waals surface area contributed by atoms with E-state index in [2.05, 4.69) is 12.2 Å². The topological polar surface area (TPSA) is 39.7 Å². The summed E-state index contributed by atoms with van der Waals surface area (Å²) in [7, 11) is 3.14. The Hall–Kier alpha value is -2.43. The lowest BCUT2D eigenvalue weighted by Gasteiger charge is -2.14. The number of anilines is 1. The van der Waals surface area contributed by atoms with Crippen LogP contribution in [0.1, 0.15) is 18.9 Å². The molecule has 0 amide bonds. The molecule has 0 aliphatic carbocycles. The number of rotatable bonds is 8. The van der Waals surface area contributed by atoms with E-state index in [-0.39, 0.29) is 5.82 Å². The fourth-order valence-corrected chi connectivity index (χ4v) is 2.16. The summed E-state index contributed by atoms with van der Waals surface area (Å²) >= 11 is 0. The third-order valence-electron chi connectivity index (χ3n) is 3.34. The predicted octanol–water partition coefficient (Wildman–Crippen LogP) is 4.24. The Kier molecular flexibility index (Phi) is 6.09. The maximum absolute atomic E-state index is 13.2. The molecule has 0 heterocycles. The van der Waals surface area contributed by atoms with Gasteiger partial charge in [0.2, 0.25) is 0 Å². The molecule has 124 valence electrons. The second-order valence-corrected chi connectivity index (χ2v) is 5.03. The standard InChI is InChI=1S/C18H22FNO3/c1-4-9-23-18-10-13(5-8-16(18)21-2)12-20-15-7-6-14(19)11-17(15)22-3/h5-8,10-11,20H,4,9,12H2,1-3H3. The first kappa shape index (κ1) is 16.9. The Labute approximate surface area is 136 Å². The van der Waals surface area contributed by atoms with Gasteiger partial charge in [0.15, 0.2) is 11.5 Å². The molecule has 1 N–H and O–H groups in total. The van der Waals surface area contributed by atoms with Crippen LogP contribution in [0.3, 0.4) is 0 Å².